The van der Waals surface area contributed by atoms with Crippen molar-refractivity contribution in [3.63, 3.8) is 0 Å². The van der Waals surface area contributed by atoms with Gasteiger partial charge < -0.3 is 16.0 Å². The van der Waals surface area contributed by atoms with Crippen LogP contribution in [0.15, 0.2) is 48.7 Å². The van der Waals surface area contributed by atoms with E-state index >= 15 is 0 Å². The lowest BCUT2D eigenvalue weighted by molar-refractivity contribution is 0.103. The fourth-order valence-corrected chi connectivity index (χ4v) is 4.24. The maximum absolute atomic E-state index is 12.9. The van der Waals surface area contributed by atoms with Crippen LogP contribution < -0.4 is 16.0 Å². The third kappa shape index (κ3) is 3.56. The van der Waals surface area contributed by atoms with E-state index in [0.717, 1.165) is 29.6 Å². The average Bonchev–Trinajstić information content (AvgIpc) is 3.10. The normalized spacial score (nSPS) is 17.1. The fraction of sp³-hybridized carbons (Fsp3) is 0.250. The summed E-state index contributed by atoms with van der Waals surface area (Å²) in [6.07, 6.45) is 1.58. The molecule has 0 amide bonds. The number of anilines is 2. The number of nitrogens with two attached hydrogens (primary N) is 1. The van der Waals surface area contributed by atoms with E-state index in [2.05, 4.69) is 44.5 Å². The average molecular weight is 384 g/mol. The Morgan fingerprint density at radius 3 is 2.89 bits per heavy atom. The van der Waals surface area contributed by atoms with Crippen molar-refractivity contribution in [3.8, 4) is 0 Å². The molecule has 1 saturated heterocycles. The number of carbonyl (C=O) groups excluding carboxylic acids is 1. The highest BCUT2D eigenvalue weighted by molar-refractivity contribution is 7.15. The molecule has 0 aliphatic carbocycles. The van der Waals surface area contributed by atoms with E-state index < -0.39 is 0 Å². The Labute approximate surface area is 165 Å². The first-order valence-corrected chi connectivity index (χ1v) is 9.71. The number of aryl methyl sites for hydroxylation is 1. The molecule has 0 spiro atoms. The lowest BCUT2D eigenvalue weighted by atomic mass is 10.1. The van der Waals surface area contributed by atoms with Gasteiger partial charge in [-0.25, -0.2) is 9.97 Å². The molecule has 3 heterocycles. The standard InChI is InChI=1S/C20H21N5OS.2H2/c1-13-17(18(26)15-8-5-9-23-19(15)21)24-20(27-13)25-11-10-22-16(12-25)14-6-3-2-4-7-14;;/h2-9,16,22H,10-12H2,1H3,(H2,21,23);2*1H. The van der Waals surface area contributed by atoms with Gasteiger partial charge in [-0.3, -0.25) is 4.79 Å². The van der Waals surface area contributed by atoms with E-state index in [0.29, 0.717) is 11.3 Å². The zero-order chi connectivity index (χ0) is 18.8. The summed E-state index contributed by atoms with van der Waals surface area (Å²) in [7, 11) is 0. The smallest absolute Gasteiger partial charge is 0.216 e. The number of ketones is 1. The molecule has 1 aliphatic rings. The molecule has 1 fully saturated rings. The minimum absolute atomic E-state index is 0. The first-order chi connectivity index (χ1) is 13.1. The Morgan fingerprint density at radius 1 is 1.30 bits per heavy atom. The number of thiazole rings is 1. The van der Waals surface area contributed by atoms with Crippen LogP contribution in [0.25, 0.3) is 0 Å². The van der Waals surface area contributed by atoms with E-state index in [9.17, 15) is 4.79 Å². The molecule has 1 atom stereocenters. The summed E-state index contributed by atoms with van der Waals surface area (Å²) < 4.78 is 0. The molecule has 3 aromatic rings. The Balaban J connectivity index is 0.00000150. The summed E-state index contributed by atoms with van der Waals surface area (Å²) >= 11 is 1.55. The molecule has 1 aliphatic heterocycles. The Morgan fingerprint density at radius 2 is 2.11 bits per heavy atom. The highest BCUT2D eigenvalue weighted by Gasteiger charge is 2.26. The molecular formula is C20H25N5OS. The molecule has 7 heteroatoms. The number of hydrogen-bond donors (Lipinski definition) is 2. The first kappa shape index (κ1) is 17.6. The topological polar surface area (TPSA) is 84.1 Å². The van der Waals surface area contributed by atoms with Crippen molar-refractivity contribution in [2.24, 2.45) is 0 Å². The van der Waals surface area contributed by atoms with Crippen molar-refractivity contribution in [3.05, 3.63) is 70.4 Å². The third-order valence-corrected chi connectivity index (χ3v) is 5.76. The van der Waals surface area contributed by atoms with Crippen LogP contribution in [0.1, 0.15) is 35.4 Å². The molecule has 3 N–H and O–H groups in total. The number of nitrogen functional groups attached to an aromatic ring is 1. The zero-order valence-electron chi connectivity index (χ0n) is 15.1. The van der Waals surface area contributed by atoms with Gasteiger partial charge in [0, 0.05) is 39.6 Å². The maximum Gasteiger partial charge on any atom is 0.216 e. The lowest BCUT2D eigenvalue weighted by Gasteiger charge is -2.33. The van der Waals surface area contributed by atoms with Crippen LogP contribution in [0.3, 0.4) is 0 Å². The third-order valence-electron chi connectivity index (χ3n) is 4.73. The molecule has 1 aromatic carbocycles. The van der Waals surface area contributed by atoms with Crippen molar-refractivity contribution in [1.82, 2.24) is 15.3 Å². The Bertz CT molecular complexity index is 967. The molecule has 1 unspecified atom stereocenters. The van der Waals surface area contributed by atoms with Crippen LogP contribution >= 0.6 is 11.3 Å². The second kappa shape index (κ2) is 7.46. The first-order valence-electron chi connectivity index (χ1n) is 8.89. The predicted octanol–water partition coefficient (Wildman–Crippen LogP) is 3.30. The van der Waals surface area contributed by atoms with Crippen LogP contribution in [-0.4, -0.2) is 35.4 Å². The second-order valence-corrected chi connectivity index (χ2v) is 7.71. The van der Waals surface area contributed by atoms with E-state index in [1.54, 1.807) is 29.7 Å². The van der Waals surface area contributed by atoms with Gasteiger partial charge in [-0.1, -0.05) is 30.3 Å². The SMILES string of the molecule is Cc1sc(N2CCNC(c3ccccc3)C2)nc1C(=O)c1cccnc1N.[HH].[HH]. The van der Waals surface area contributed by atoms with E-state index in [-0.39, 0.29) is 20.5 Å². The van der Waals surface area contributed by atoms with Gasteiger partial charge in [0.15, 0.2) is 5.13 Å². The number of nitrogens with zero attached hydrogens (tertiary/aromatic N) is 3. The highest BCUT2D eigenvalue weighted by Crippen LogP contribution is 2.30. The fourth-order valence-electron chi connectivity index (χ4n) is 3.30. The quantitative estimate of drug-likeness (QED) is 0.673. The van der Waals surface area contributed by atoms with Crippen LogP contribution in [0.2, 0.25) is 0 Å². The summed E-state index contributed by atoms with van der Waals surface area (Å²) in [5.74, 6) is 0.0677. The molecule has 27 heavy (non-hydrogen) atoms. The molecule has 6 nitrogen and oxygen atoms in total. The number of carbonyl (C=O) groups is 1. The molecular weight excluding hydrogens is 358 g/mol. The predicted molar refractivity (Wildman–Crippen MR) is 113 cm³/mol. The minimum atomic E-state index is -0.171. The second-order valence-electron chi connectivity index (χ2n) is 6.53. The van der Waals surface area contributed by atoms with Gasteiger partial charge in [-0.2, -0.15) is 0 Å². The molecule has 4 rings (SSSR count). The van der Waals surface area contributed by atoms with Crippen molar-refractivity contribution >= 4 is 28.1 Å². The highest BCUT2D eigenvalue weighted by atomic mass is 32.1. The molecule has 0 radical (unpaired) electrons. The number of hydrogen-bond acceptors (Lipinski definition) is 7. The summed E-state index contributed by atoms with van der Waals surface area (Å²) in [5.41, 5.74) is 7.99. The van der Waals surface area contributed by atoms with E-state index in [4.69, 9.17) is 5.73 Å². The Kier molecular flexibility index (Phi) is 4.87. The summed E-state index contributed by atoms with van der Waals surface area (Å²) in [4.78, 5) is 24.7. The monoisotopic (exact) mass is 383 g/mol. The van der Waals surface area contributed by atoms with Gasteiger partial charge in [-0.05, 0) is 24.6 Å². The summed E-state index contributed by atoms with van der Waals surface area (Å²) in [6, 6.07) is 14.1. The number of nitrogens with one attached hydrogen (secondary N) is 1. The van der Waals surface area contributed by atoms with Crippen LogP contribution in [0, 0.1) is 6.92 Å². The largest absolute Gasteiger partial charge is 0.383 e. The lowest BCUT2D eigenvalue weighted by Crippen LogP contribution is -2.45. The number of rotatable bonds is 4. The van der Waals surface area contributed by atoms with Crippen LogP contribution in [-0.2, 0) is 0 Å². The number of benzene rings is 1. The number of aromatic nitrogens is 2. The number of piperazine rings is 1. The van der Waals surface area contributed by atoms with Crippen LogP contribution in [0.4, 0.5) is 10.9 Å². The molecule has 0 saturated carbocycles. The van der Waals surface area contributed by atoms with Gasteiger partial charge in [0.2, 0.25) is 5.78 Å². The Hall–Kier alpha value is -2.77. The maximum atomic E-state index is 12.9. The van der Waals surface area contributed by atoms with Gasteiger partial charge >= 0.3 is 0 Å². The van der Waals surface area contributed by atoms with E-state index in [1.807, 2.05) is 13.0 Å². The molecule has 142 valence electrons. The van der Waals surface area contributed by atoms with E-state index in [1.165, 1.54) is 5.56 Å². The molecule has 0 bridgehead atoms. The van der Waals surface area contributed by atoms with Gasteiger partial charge in [0.05, 0.1) is 5.56 Å². The molecule has 2 aromatic heterocycles. The van der Waals surface area contributed by atoms with Crippen molar-refractivity contribution in [1.29, 1.82) is 0 Å². The summed E-state index contributed by atoms with van der Waals surface area (Å²) in [6.45, 7) is 4.48. The van der Waals surface area contributed by atoms with Gasteiger partial charge in [-0.15, -0.1) is 11.3 Å². The van der Waals surface area contributed by atoms with Gasteiger partial charge in [0.1, 0.15) is 11.5 Å². The number of pyridine rings is 1. The van der Waals surface area contributed by atoms with Crippen molar-refractivity contribution < 1.29 is 7.65 Å². The van der Waals surface area contributed by atoms with Crippen molar-refractivity contribution in [2.45, 2.75) is 13.0 Å². The summed E-state index contributed by atoms with van der Waals surface area (Å²) in [5, 5.41) is 4.43. The zero-order valence-corrected chi connectivity index (χ0v) is 15.9. The van der Waals surface area contributed by atoms with Gasteiger partial charge in [0.25, 0.3) is 0 Å². The van der Waals surface area contributed by atoms with Crippen LogP contribution in [0.5, 0.6) is 0 Å². The minimum Gasteiger partial charge on any atom is -0.383 e. The van der Waals surface area contributed by atoms with Crippen molar-refractivity contribution in [2.75, 3.05) is 30.3 Å².